The molecule has 130 valence electrons. The van der Waals surface area contributed by atoms with Crippen LogP contribution in [0.3, 0.4) is 0 Å². The molecule has 0 heterocycles. The fourth-order valence-electron chi connectivity index (χ4n) is 3.04. The molecule has 3 rings (SSSR count). The van der Waals surface area contributed by atoms with Crippen LogP contribution < -0.4 is 5.32 Å². The maximum Gasteiger partial charge on any atom is 0.312 e. The van der Waals surface area contributed by atoms with Crippen LogP contribution in [0.5, 0.6) is 0 Å². The summed E-state index contributed by atoms with van der Waals surface area (Å²) >= 11 is 0. The Morgan fingerprint density at radius 2 is 1.64 bits per heavy atom. The Kier molecular flexibility index (Phi) is 5.49. The number of benzene rings is 2. The number of hydrogen-bond donors (Lipinski definition) is 1. The predicted molar refractivity (Wildman–Crippen MR) is 97.6 cm³/mol. The minimum absolute atomic E-state index is 0.0759. The summed E-state index contributed by atoms with van der Waals surface area (Å²) in [5.74, 6) is -0.546. The molecule has 1 saturated carbocycles. The Balaban J connectivity index is 1.67. The van der Waals surface area contributed by atoms with Crippen LogP contribution in [0.1, 0.15) is 36.9 Å². The summed E-state index contributed by atoms with van der Waals surface area (Å²) in [6.07, 6.45) is 2.19. The van der Waals surface area contributed by atoms with E-state index in [9.17, 15) is 9.59 Å². The first kappa shape index (κ1) is 17.2. The van der Waals surface area contributed by atoms with E-state index in [1.54, 1.807) is 4.90 Å². The maximum atomic E-state index is 12.6. The minimum Gasteiger partial charge on any atom is -0.341 e. The molecule has 0 aliphatic heterocycles. The van der Waals surface area contributed by atoms with Crippen molar-refractivity contribution in [3.63, 3.8) is 0 Å². The van der Waals surface area contributed by atoms with Gasteiger partial charge in [-0.25, -0.2) is 0 Å². The van der Waals surface area contributed by atoms with Crippen molar-refractivity contribution >= 4 is 11.8 Å². The molecule has 0 saturated heterocycles. The first-order valence-electron chi connectivity index (χ1n) is 8.87. The number of carbonyl (C=O) groups excluding carboxylic acids is 2. The zero-order chi connectivity index (χ0) is 17.6. The zero-order valence-corrected chi connectivity index (χ0v) is 14.5. The highest BCUT2D eigenvalue weighted by Crippen LogP contribution is 2.40. The molecular weight excluding hydrogens is 312 g/mol. The summed E-state index contributed by atoms with van der Waals surface area (Å²) in [6.45, 7) is 2.84. The second-order valence-electron chi connectivity index (χ2n) is 6.50. The number of carbonyl (C=O) groups is 2. The third-order valence-corrected chi connectivity index (χ3v) is 4.62. The van der Waals surface area contributed by atoms with Crippen molar-refractivity contribution in [1.82, 2.24) is 10.2 Å². The van der Waals surface area contributed by atoms with Crippen molar-refractivity contribution in [3.05, 3.63) is 71.8 Å². The molecular formula is C21H24N2O2. The third-order valence-electron chi connectivity index (χ3n) is 4.62. The van der Waals surface area contributed by atoms with E-state index in [-0.39, 0.29) is 6.04 Å². The van der Waals surface area contributed by atoms with Gasteiger partial charge in [-0.05, 0) is 36.8 Å². The number of nitrogens with one attached hydrogen (secondary N) is 1. The number of rotatable bonds is 6. The highest BCUT2D eigenvalue weighted by atomic mass is 16.2. The average molecular weight is 336 g/mol. The highest BCUT2D eigenvalue weighted by molar-refractivity contribution is 6.35. The highest BCUT2D eigenvalue weighted by Gasteiger charge is 2.35. The lowest BCUT2D eigenvalue weighted by Gasteiger charge is -2.23. The first-order valence-corrected chi connectivity index (χ1v) is 8.87. The van der Waals surface area contributed by atoms with E-state index in [4.69, 9.17) is 0 Å². The van der Waals surface area contributed by atoms with Gasteiger partial charge in [0.2, 0.25) is 0 Å². The van der Waals surface area contributed by atoms with Crippen molar-refractivity contribution in [2.45, 2.75) is 32.4 Å². The van der Waals surface area contributed by atoms with E-state index in [1.807, 2.05) is 67.6 Å². The van der Waals surface area contributed by atoms with E-state index in [0.29, 0.717) is 19.0 Å². The minimum atomic E-state index is -0.515. The molecule has 1 aliphatic carbocycles. The van der Waals surface area contributed by atoms with Gasteiger partial charge in [-0.3, -0.25) is 9.59 Å². The van der Waals surface area contributed by atoms with Crippen LogP contribution in [0, 0.1) is 5.92 Å². The molecule has 1 N–H and O–H groups in total. The van der Waals surface area contributed by atoms with Crippen LogP contribution in [0.2, 0.25) is 0 Å². The summed E-state index contributed by atoms with van der Waals surface area (Å²) in [5.41, 5.74) is 2.09. The van der Waals surface area contributed by atoms with Crippen LogP contribution in [0.4, 0.5) is 0 Å². The second kappa shape index (κ2) is 7.97. The quantitative estimate of drug-likeness (QED) is 0.823. The van der Waals surface area contributed by atoms with Crippen LogP contribution >= 0.6 is 0 Å². The number of nitrogens with zero attached hydrogens (tertiary/aromatic N) is 1. The molecule has 4 heteroatoms. The average Bonchev–Trinajstić information content (AvgIpc) is 3.50. The molecule has 1 fully saturated rings. The summed E-state index contributed by atoms with van der Waals surface area (Å²) in [7, 11) is 0. The number of hydrogen-bond acceptors (Lipinski definition) is 2. The van der Waals surface area contributed by atoms with Gasteiger partial charge >= 0.3 is 11.8 Å². The molecule has 0 unspecified atom stereocenters. The Bertz CT molecular complexity index is 711. The van der Waals surface area contributed by atoms with Gasteiger partial charge in [0.05, 0.1) is 6.04 Å². The molecule has 0 aromatic heterocycles. The van der Waals surface area contributed by atoms with Gasteiger partial charge in [-0.1, -0.05) is 60.7 Å². The fraction of sp³-hybridized carbons (Fsp3) is 0.333. The molecule has 25 heavy (non-hydrogen) atoms. The standard InChI is InChI=1S/C21H24N2O2/c1-2-23(15-16-9-5-3-6-10-16)21(25)20(24)22-19(18-13-14-18)17-11-7-4-8-12-17/h3-12,18-19H,2,13-15H2,1H3,(H,22,24)/t19-/m0/s1. The predicted octanol–water partition coefficient (Wildman–Crippen LogP) is 3.30. The van der Waals surface area contributed by atoms with Gasteiger partial charge in [0.1, 0.15) is 0 Å². The molecule has 2 amide bonds. The first-order chi connectivity index (χ1) is 12.2. The fourth-order valence-corrected chi connectivity index (χ4v) is 3.04. The second-order valence-corrected chi connectivity index (χ2v) is 6.50. The van der Waals surface area contributed by atoms with E-state index < -0.39 is 11.8 Å². The number of amides is 2. The molecule has 1 atom stereocenters. The summed E-state index contributed by atoms with van der Waals surface area (Å²) in [4.78, 5) is 26.7. The van der Waals surface area contributed by atoms with Crippen molar-refractivity contribution in [3.8, 4) is 0 Å². The Morgan fingerprint density at radius 1 is 1.04 bits per heavy atom. The molecule has 2 aromatic carbocycles. The Hall–Kier alpha value is -2.62. The summed E-state index contributed by atoms with van der Waals surface area (Å²) in [5, 5.41) is 2.97. The van der Waals surface area contributed by atoms with Gasteiger partial charge in [0, 0.05) is 13.1 Å². The van der Waals surface area contributed by atoms with Crippen molar-refractivity contribution in [1.29, 1.82) is 0 Å². The largest absolute Gasteiger partial charge is 0.341 e. The van der Waals surface area contributed by atoms with Crippen LogP contribution in [0.15, 0.2) is 60.7 Å². The maximum absolute atomic E-state index is 12.6. The number of likely N-dealkylation sites (N-methyl/N-ethyl adjacent to an activating group) is 1. The lowest BCUT2D eigenvalue weighted by molar-refractivity contribution is -0.146. The van der Waals surface area contributed by atoms with Gasteiger partial charge < -0.3 is 10.2 Å². The smallest absolute Gasteiger partial charge is 0.312 e. The van der Waals surface area contributed by atoms with E-state index in [0.717, 1.165) is 24.0 Å². The van der Waals surface area contributed by atoms with Crippen molar-refractivity contribution in [2.24, 2.45) is 5.92 Å². The third kappa shape index (κ3) is 4.47. The summed E-state index contributed by atoms with van der Waals surface area (Å²) in [6, 6.07) is 19.6. The molecule has 4 nitrogen and oxygen atoms in total. The van der Waals surface area contributed by atoms with Crippen molar-refractivity contribution in [2.75, 3.05) is 6.54 Å². The lowest BCUT2D eigenvalue weighted by atomic mass is 10.0. The lowest BCUT2D eigenvalue weighted by Crippen LogP contribution is -2.44. The van der Waals surface area contributed by atoms with E-state index >= 15 is 0 Å². The van der Waals surface area contributed by atoms with Gasteiger partial charge in [0.15, 0.2) is 0 Å². The van der Waals surface area contributed by atoms with E-state index in [1.165, 1.54) is 0 Å². The zero-order valence-electron chi connectivity index (χ0n) is 14.5. The van der Waals surface area contributed by atoms with Gasteiger partial charge in [-0.2, -0.15) is 0 Å². The van der Waals surface area contributed by atoms with Gasteiger partial charge in [-0.15, -0.1) is 0 Å². The molecule has 1 aliphatic rings. The molecule has 0 spiro atoms. The van der Waals surface area contributed by atoms with Crippen LogP contribution in [-0.4, -0.2) is 23.3 Å². The summed E-state index contributed by atoms with van der Waals surface area (Å²) < 4.78 is 0. The topological polar surface area (TPSA) is 49.4 Å². The normalized spacial score (nSPS) is 14.6. The molecule has 0 bridgehead atoms. The molecule has 2 aromatic rings. The Labute approximate surface area is 148 Å². The SMILES string of the molecule is CCN(Cc1ccccc1)C(=O)C(=O)N[C@@H](c1ccccc1)C1CC1. The van der Waals surface area contributed by atoms with Crippen molar-refractivity contribution < 1.29 is 9.59 Å². The Morgan fingerprint density at radius 3 is 2.20 bits per heavy atom. The van der Waals surface area contributed by atoms with E-state index in [2.05, 4.69) is 5.32 Å². The van der Waals surface area contributed by atoms with Crippen LogP contribution in [0.25, 0.3) is 0 Å². The molecule has 0 radical (unpaired) electrons. The van der Waals surface area contributed by atoms with Gasteiger partial charge in [0.25, 0.3) is 0 Å². The monoisotopic (exact) mass is 336 g/mol. The van der Waals surface area contributed by atoms with Crippen LogP contribution in [-0.2, 0) is 16.1 Å².